The summed E-state index contributed by atoms with van der Waals surface area (Å²) in [6.07, 6.45) is 0.722. The predicted octanol–water partition coefficient (Wildman–Crippen LogP) is 1.86. The first-order valence-corrected chi connectivity index (χ1v) is 5.79. The first-order valence-electron chi connectivity index (χ1n) is 4.91. The lowest BCUT2D eigenvalue weighted by Gasteiger charge is -2.04. The van der Waals surface area contributed by atoms with Gasteiger partial charge < -0.3 is 10.5 Å². The maximum absolute atomic E-state index is 5.72. The molecule has 0 atom stereocenters. The number of aromatic nitrogens is 2. The Labute approximate surface area is 98.1 Å². The first-order chi connectivity index (χ1) is 7.78. The van der Waals surface area contributed by atoms with E-state index in [0.29, 0.717) is 12.4 Å². The van der Waals surface area contributed by atoms with E-state index in [1.165, 1.54) is 4.88 Å². The topological polar surface area (TPSA) is 61.0 Å². The Bertz CT molecular complexity index is 456. The minimum Gasteiger partial charge on any atom is -0.384 e. The zero-order valence-corrected chi connectivity index (χ0v) is 9.83. The van der Waals surface area contributed by atoms with Crippen LogP contribution in [0.25, 0.3) is 0 Å². The van der Waals surface area contributed by atoms with Crippen LogP contribution >= 0.6 is 11.3 Å². The monoisotopic (exact) mass is 235 g/mol. The molecule has 4 nitrogen and oxygen atoms in total. The molecule has 0 saturated carbocycles. The number of ether oxygens (including phenoxy) is 1. The van der Waals surface area contributed by atoms with Crippen LogP contribution in [0.2, 0.25) is 0 Å². The smallest absolute Gasteiger partial charge is 0.136 e. The predicted molar refractivity (Wildman–Crippen MR) is 64.3 cm³/mol. The zero-order chi connectivity index (χ0) is 11.4. The average molecular weight is 235 g/mol. The molecular formula is C11H13N3OS. The number of thiophene rings is 1. The third-order valence-corrected chi connectivity index (χ3v) is 2.93. The Balaban J connectivity index is 2.20. The molecule has 16 heavy (non-hydrogen) atoms. The number of hydrogen-bond donors (Lipinski definition) is 1. The molecule has 0 bridgehead atoms. The van der Waals surface area contributed by atoms with Crippen molar-refractivity contribution in [3.05, 3.63) is 40.0 Å². The number of rotatable bonds is 4. The summed E-state index contributed by atoms with van der Waals surface area (Å²) in [5.41, 5.74) is 6.54. The molecule has 0 aromatic carbocycles. The highest BCUT2D eigenvalue weighted by Gasteiger charge is 2.04. The van der Waals surface area contributed by atoms with E-state index < -0.39 is 0 Å². The lowest BCUT2D eigenvalue weighted by atomic mass is 10.3. The van der Waals surface area contributed by atoms with Crippen molar-refractivity contribution in [3.63, 3.8) is 0 Å². The second kappa shape index (κ2) is 5.05. The van der Waals surface area contributed by atoms with E-state index in [-0.39, 0.29) is 0 Å². The molecule has 0 spiro atoms. The third-order valence-electron chi connectivity index (χ3n) is 2.05. The molecule has 2 aromatic heterocycles. The highest BCUT2D eigenvalue weighted by molar-refractivity contribution is 7.09. The van der Waals surface area contributed by atoms with Crippen LogP contribution in [0, 0.1) is 0 Å². The van der Waals surface area contributed by atoms with Gasteiger partial charge in [0.2, 0.25) is 0 Å². The van der Waals surface area contributed by atoms with Crippen molar-refractivity contribution in [2.45, 2.75) is 13.0 Å². The fraction of sp³-hybridized carbons (Fsp3) is 0.273. The average Bonchev–Trinajstić information content (AvgIpc) is 2.70. The van der Waals surface area contributed by atoms with Crippen LogP contribution in [0.15, 0.2) is 23.6 Å². The minimum absolute atomic E-state index is 0.462. The Morgan fingerprint density at radius 3 is 3.00 bits per heavy atom. The summed E-state index contributed by atoms with van der Waals surface area (Å²) in [7, 11) is 1.64. The number of anilines is 1. The summed E-state index contributed by atoms with van der Waals surface area (Å²) in [5.74, 6) is 1.24. The summed E-state index contributed by atoms with van der Waals surface area (Å²) >= 11 is 1.69. The van der Waals surface area contributed by atoms with Gasteiger partial charge in [0, 0.05) is 24.5 Å². The van der Waals surface area contributed by atoms with Crippen molar-refractivity contribution >= 4 is 17.2 Å². The Hall–Kier alpha value is -1.46. The number of methoxy groups -OCH3 is 1. The van der Waals surface area contributed by atoms with Crippen LogP contribution in [-0.2, 0) is 17.8 Å². The maximum Gasteiger partial charge on any atom is 0.136 e. The summed E-state index contributed by atoms with van der Waals surface area (Å²) in [5, 5.41) is 2.04. The normalized spacial score (nSPS) is 10.6. The second-order valence-corrected chi connectivity index (χ2v) is 4.42. The van der Waals surface area contributed by atoms with Crippen molar-refractivity contribution in [1.29, 1.82) is 0 Å². The summed E-state index contributed by atoms with van der Waals surface area (Å²) in [6.45, 7) is 0.462. The van der Waals surface area contributed by atoms with E-state index >= 15 is 0 Å². The van der Waals surface area contributed by atoms with E-state index in [4.69, 9.17) is 10.5 Å². The molecule has 0 aliphatic rings. The number of nitrogens with zero attached hydrogens (tertiary/aromatic N) is 2. The summed E-state index contributed by atoms with van der Waals surface area (Å²) in [4.78, 5) is 9.83. The van der Waals surface area contributed by atoms with Crippen LogP contribution in [0.4, 0.5) is 5.82 Å². The molecule has 0 amide bonds. The number of nitrogens with two attached hydrogens (primary N) is 1. The van der Waals surface area contributed by atoms with E-state index in [2.05, 4.69) is 16.0 Å². The standard InChI is InChI=1S/C11H13N3OS/c1-15-7-8-5-10(12)14-11(13-8)6-9-3-2-4-16-9/h2-5H,6-7H2,1H3,(H2,12,13,14). The third kappa shape index (κ3) is 2.77. The summed E-state index contributed by atoms with van der Waals surface area (Å²) < 4.78 is 5.03. The summed E-state index contributed by atoms with van der Waals surface area (Å²) in [6, 6.07) is 5.82. The molecule has 0 saturated heterocycles. The minimum atomic E-state index is 0.462. The van der Waals surface area contributed by atoms with E-state index in [1.807, 2.05) is 11.4 Å². The van der Waals surface area contributed by atoms with Crippen LogP contribution in [0.1, 0.15) is 16.4 Å². The number of hydrogen-bond acceptors (Lipinski definition) is 5. The van der Waals surface area contributed by atoms with Gasteiger partial charge >= 0.3 is 0 Å². The molecule has 0 fully saturated rings. The van der Waals surface area contributed by atoms with Crippen molar-refractivity contribution in [2.75, 3.05) is 12.8 Å². The van der Waals surface area contributed by atoms with Crippen LogP contribution in [-0.4, -0.2) is 17.1 Å². The Morgan fingerprint density at radius 2 is 2.31 bits per heavy atom. The van der Waals surface area contributed by atoms with Crippen molar-refractivity contribution in [1.82, 2.24) is 9.97 Å². The molecule has 0 aliphatic carbocycles. The van der Waals surface area contributed by atoms with Gasteiger partial charge in [-0.2, -0.15) is 0 Å². The van der Waals surface area contributed by atoms with Crippen molar-refractivity contribution < 1.29 is 4.74 Å². The van der Waals surface area contributed by atoms with Crippen LogP contribution in [0.3, 0.4) is 0 Å². The second-order valence-electron chi connectivity index (χ2n) is 3.39. The van der Waals surface area contributed by atoms with Gasteiger partial charge in [-0.25, -0.2) is 9.97 Å². The number of nitrogen functional groups attached to an aromatic ring is 1. The van der Waals surface area contributed by atoms with E-state index in [9.17, 15) is 0 Å². The first kappa shape index (κ1) is 11.0. The molecule has 5 heteroatoms. The molecule has 2 aromatic rings. The van der Waals surface area contributed by atoms with E-state index in [1.54, 1.807) is 24.5 Å². The fourth-order valence-corrected chi connectivity index (χ4v) is 2.15. The Morgan fingerprint density at radius 1 is 1.44 bits per heavy atom. The van der Waals surface area contributed by atoms with Gasteiger partial charge in [0.25, 0.3) is 0 Å². The highest BCUT2D eigenvalue weighted by Crippen LogP contribution is 2.14. The zero-order valence-electron chi connectivity index (χ0n) is 9.01. The molecule has 84 valence electrons. The van der Waals surface area contributed by atoms with E-state index in [0.717, 1.165) is 17.9 Å². The SMILES string of the molecule is COCc1cc(N)nc(Cc2cccs2)n1. The van der Waals surface area contributed by atoms with Crippen molar-refractivity contribution in [3.8, 4) is 0 Å². The lowest BCUT2D eigenvalue weighted by Crippen LogP contribution is -2.04. The molecule has 2 N–H and O–H groups in total. The quantitative estimate of drug-likeness (QED) is 0.878. The maximum atomic E-state index is 5.72. The van der Waals surface area contributed by atoms with Gasteiger partial charge in [0.05, 0.1) is 12.3 Å². The Kier molecular flexibility index (Phi) is 3.48. The van der Waals surface area contributed by atoms with Gasteiger partial charge in [0.1, 0.15) is 11.6 Å². The van der Waals surface area contributed by atoms with Gasteiger partial charge in [-0.05, 0) is 11.4 Å². The largest absolute Gasteiger partial charge is 0.384 e. The molecule has 0 radical (unpaired) electrons. The van der Waals surface area contributed by atoms with Gasteiger partial charge in [-0.15, -0.1) is 11.3 Å². The van der Waals surface area contributed by atoms with Crippen LogP contribution < -0.4 is 5.73 Å². The van der Waals surface area contributed by atoms with Gasteiger partial charge in [-0.3, -0.25) is 0 Å². The molecule has 2 heterocycles. The fourth-order valence-electron chi connectivity index (χ4n) is 1.44. The van der Waals surface area contributed by atoms with Gasteiger partial charge in [-0.1, -0.05) is 6.07 Å². The lowest BCUT2D eigenvalue weighted by molar-refractivity contribution is 0.181. The highest BCUT2D eigenvalue weighted by atomic mass is 32.1. The van der Waals surface area contributed by atoms with Crippen LogP contribution in [0.5, 0.6) is 0 Å². The molecule has 2 rings (SSSR count). The molecule has 0 unspecified atom stereocenters. The van der Waals surface area contributed by atoms with Crippen molar-refractivity contribution in [2.24, 2.45) is 0 Å². The molecular weight excluding hydrogens is 222 g/mol. The molecule has 0 aliphatic heterocycles. The van der Waals surface area contributed by atoms with Gasteiger partial charge in [0.15, 0.2) is 0 Å².